The largest absolute Gasteiger partial charge is 0.481 e. The molecule has 2 aromatic heterocycles. The SMILES string of the molecule is O=C(O)CC(O)(CC(=O)O)C(=O)O.c1cc(CNCc2ccncc2)ccn1. The van der Waals surface area contributed by atoms with Crippen LogP contribution in [0.5, 0.6) is 0 Å². The Morgan fingerprint density at radius 1 is 0.786 bits per heavy atom. The third kappa shape index (κ3) is 8.83. The highest BCUT2D eigenvalue weighted by molar-refractivity contribution is 5.88. The number of aromatic nitrogens is 2. The van der Waals surface area contributed by atoms with E-state index >= 15 is 0 Å². The van der Waals surface area contributed by atoms with Crippen LogP contribution in [0.4, 0.5) is 0 Å². The van der Waals surface area contributed by atoms with Crippen LogP contribution < -0.4 is 5.32 Å². The molecule has 0 aliphatic heterocycles. The fraction of sp³-hybridized carbons (Fsp3) is 0.278. The molecule has 0 amide bonds. The summed E-state index contributed by atoms with van der Waals surface area (Å²) in [6, 6.07) is 8.05. The van der Waals surface area contributed by atoms with E-state index in [4.69, 9.17) is 20.4 Å². The molecule has 0 spiro atoms. The topological polar surface area (TPSA) is 170 Å². The van der Waals surface area contributed by atoms with E-state index in [-0.39, 0.29) is 0 Å². The maximum atomic E-state index is 10.3. The van der Waals surface area contributed by atoms with Gasteiger partial charge in [-0.2, -0.15) is 0 Å². The maximum Gasteiger partial charge on any atom is 0.336 e. The van der Waals surface area contributed by atoms with Crippen molar-refractivity contribution >= 4 is 17.9 Å². The first-order valence-corrected chi connectivity index (χ1v) is 8.11. The van der Waals surface area contributed by atoms with Gasteiger partial charge in [-0.25, -0.2) is 4.79 Å². The number of carbonyl (C=O) groups is 3. The van der Waals surface area contributed by atoms with Crippen molar-refractivity contribution in [2.75, 3.05) is 0 Å². The summed E-state index contributed by atoms with van der Waals surface area (Å²) in [6.45, 7) is 1.73. The smallest absolute Gasteiger partial charge is 0.336 e. The number of hydrogen-bond acceptors (Lipinski definition) is 7. The van der Waals surface area contributed by atoms with Crippen molar-refractivity contribution in [1.29, 1.82) is 0 Å². The van der Waals surface area contributed by atoms with Crippen molar-refractivity contribution in [1.82, 2.24) is 15.3 Å². The average Bonchev–Trinajstić information content (AvgIpc) is 2.62. The van der Waals surface area contributed by atoms with Gasteiger partial charge in [0, 0.05) is 37.9 Å². The predicted molar refractivity (Wildman–Crippen MR) is 96.1 cm³/mol. The van der Waals surface area contributed by atoms with Crippen LogP contribution in [0, 0.1) is 0 Å². The number of nitrogens with one attached hydrogen (secondary N) is 1. The third-order valence-electron chi connectivity index (χ3n) is 3.44. The summed E-state index contributed by atoms with van der Waals surface area (Å²) >= 11 is 0. The van der Waals surface area contributed by atoms with Gasteiger partial charge in [-0.05, 0) is 35.4 Å². The van der Waals surface area contributed by atoms with Crippen LogP contribution in [-0.4, -0.2) is 53.9 Å². The van der Waals surface area contributed by atoms with Crippen molar-refractivity contribution in [2.24, 2.45) is 0 Å². The number of pyridine rings is 2. The van der Waals surface area contributed by atoms with Crippen molar-refractivity contribution < 1.29 is 34.8 Å². The Labute approximate surface area is 160 Å². The molecule has 2 heterocycles. The second-order valence-corrected chi connectivity index (χ2v) is 5.79. The standard InChI is InChI=1S/C12H13N3.C6H8O7/c1-5-13-6-2-11(1)9-15-10-12-3-7-14-8-4-12;7-3(8)1-6(13,5(11)12)2-4(9)10/h1-8,15H,9-10H2;13H,1-2H2,(H,7,8)(H,9,10)(H,11,12). The number of aliphatic hydroxyl groups is 1. The second kappa shape index (κ2) is 11.4. The molecular weight excluding hydrogens is 370 g/mol. The van der Waals surface area contributed by atoms with E-state index < -0.39 is 36.4 Å². The minimum atomic E-state index is -2.74. The average molecular weight is 391 g/mol. The van der Waals surface area contributed by atoms with E-state index in [1.165, 1.54) is 11.1 Å². The highest BCUT2D eigenvalue weighted by atomic mass is 16.4. The Balaban J connectivity index is 0.000000284. The Morgan fingerprint density at radius 3 is 1.43 bits per heavy atom. The van der Waals surface area contributed by atoms with Gasteiger partial charge in [0.2, 0.25) is 0 Å². The quantitative estimate of drug-likeness (QED) is 0.406. The number of aliphatic carboxylic acids is 3. The number of hydrogen-bond donors (Lipinski definition) is 5. The van der Waals surface area contributed by atoms with Crippen LogP contribution in [0.25, 0.3) is 0 Å². The van der Waals surface area contributed by atoms with Crippen LogP contribution in [0.15, 0.2) is 49.1 Å². The number of nitrogens with zero attached hydrogens (tertiary/aromatic N) is 2. The molecule has 0 saturated carbocycles. The summed E-state index contributed by atoms with van der Waals surface area (Å²) in [5.74, 6) is -5.02. The van der Waals surface area contributed by atoms with Gasteiger partial charge in [-0.3, -0.25) is 19.6 Å². The van der Waals surface area contributed by atoms with Gasteiger partial charge in [-0.1, -0.05) is 0 Å². The highest BCUT2D eigenvalue weighted by Crippen LogP contribution is 2.15. The zero-order chi connectivity index (χ0) is 21.0. The lowest BCUT2D eigenvalue weighted by atomic mass is 9.96. The van der Waals surface area contributed by atoms with Crippen LogP contribution >= 0.6 is 0 Å². The van der Waals surface area contributed by atoms with Crippen molar-refractivity contribution in [2.45, 2.75) is 31.5 Å². The molecule has 0 unspecified atom stereocenters. The van der Waals surface area contributed by atoms with Crippen molar-refractivity contribution in [3.63, 3.8) is 0 Å². The molecule has 28 heavy (non-hydrogen) atoms. The number of carboxylic acid groups (broad SMARTS) is 3. The third-order valence-corrected chi connectivity index (χ3v) is 3.44. The zero-order valence-electron chi connectivity index (χ0n) is 14.9. The van der Waals surface area contributed by atoms with E-state index in [1.54, 1.807) is 0 Å². The maximum absolute atomic E-state index is 10.3. The van der Waals surface area contributed by atoms with Crippen LogP contribution in [-0.2, 0) is 27.5 Å². The lowest BCUT2D eigenvalue weighted by molar-refractivity contribution is -0.170. The first-order valence-electron chi connectivity index (χ1n) is 8.11. The summed E-state index contributed by atoms with van der Waals surface area (Å²) in [5.41, 5.74) is -0.240. The molecule has 0 saturated heterocycles. The summed E-state index contributed by atoms with van der Waals surface area (Å²) in [4.78, 5) is 38.4. The Bertz CT molecular complexity index is 714. The molecule has 10 nitrogen and oxygen atoms in total. The number of carboxylic acids is 3. The highest BCUT2D eigenvalue weighted by Gasteiger charge is 2.40. The molecule has 0 radical (unpaired) electrons. The van der Waals surface area contributed by atoms with E-state index in [2.05, 4.69) is 15.3 Å². The van der Waals surface area contributed by atoms with E-state index in [0.29, 0.717) is 0 Å². The lowest BCUT2D eigenvalue weighted by Gasteiger charge is -2.18. The van der Waals surface area contributed by atoms with Gasteiger partial charge in [0.15, 0.2) is 5.60 Å². The molecule has 0 bridgehead atoms. The molecule has 150 valence electrons. The van der Waals surface area contributed by atoms with E-state index in [9.17, 15) is 14.4 Å². The minimum Gasteiger partial charge on any atom is -0.481 e. The second-order valence-electron chi connectivity index (χ2n) is 5.79. The molecular formula is C18H21N3O7. The molecule has 0 aliphatic carbocycles. The van der Waals surface area contributed by atoms with Gasteiger partial charge in [0.05, 0.1) is 12.8 Å². The fourth-order valence-corrected chi connectivity index (χ4v) is 2.07. The van der Waals surface area contributed by atoms with Crippen molar-refractivity contribution in [3.05, 3.63) is 60.2 Å². The Morgan fingerprint density at radius 2 is 1.14 bits per heavy atom. The Hall–Kier alpha value is -3.37. The van der Waals surface area contributed by atoms with Crippen LogP contribution in [0.1, 0.15) is 24.0 Å². The number of rotatable bonds is 9. The molecule has 2 aromatic rings. The van der Waals surface area contributed by atoms with Gasteiger partial charge >= 0.3 is 17.9 Å². The zero-order valence-corrected chi connectivity index (χ0v) is 14.9. The monoisotopic (exact) mass is 391 g/mol. The summed E-state index contributed by atoms with van der Waals surface area (Å²) in [7, 11) is 0. The predicted octanol–water partition coefficient (Wildman–Crippen LogP) is 0.518. The normalized spacial score (nSPS) is 10.5. The summed E-state index contributed by atoms with van der Waals surface area (Å²) in [5, 5.41) is 37.2. The van der Waals surface area contributed by atoms with Crippen LogP contribution in [0.2, 0.25) is 0 Å². The van der Waals surface area contributed by atoms with Crippen molar-refractivity contribution in [3.8, 4) is 0 Å². The fourth-order valence-electron chi connectivity index (χ4n) is 2.07. The summed E-state index contributed by atoms with van der Waals surface area (Å²) in [6.07, 6.45) is 4.95. The van der Waals surface area contributed by atoms with Crippen LogP contribution in [0.3, 0.4) is 0 Å². The first-order chi connectivity index (χ1) is 13.2. The van der Waals surface area contributed by atoms with E-state index in [0.717, 1.165) is 13.1 Å². The van der Waals surface area contributed by atoms with E-state index in [1.807, 2.05) is 49.1 Å². The van der Waals surface area contributed by atoms with Gasteiger partial charge in [0.25, 0.3) is 0 Å². The molecule has 0 fully saturated rings. The first kappa shape index (κ1) is 22.7. The molecule has 0 aliphatic rings. The molecule has 0 atom stereocenters. The Kier molecular flexibility index (Phi) is 9.20. The minimum absolute atomic E-state index is 0.866. The van der Waals surface area contributed by atoms with Gasteiger partial charge < -0.3 is 25.7 Å². The van der Waals surface area contributed by atoms with Gasteiger partial charge in [-0.15, -0.1) is 0 Å². The lowest BCUT2D eigenvalue weighted by Crippen LogP contribution is -2.42. The molecule has 2 rings (SSSR count). The molecule has 5 N–H and O–H groups in total. The molecule has 10 heteroatoms. The molecule has 0 aromatic carbocycles. The van der Waals surface area contributed by atoms with Gasteiger partial charge in [0.1, 0.15) is 0 Å². The summed E-state index contributed by atoms with van der Waals surface area (Å²) < 4.78 is 0.